The molecular formula is C13H13BrClN3O3. The number of hydrogen-bond donors (Lipinski definition) is 1. The number of halogens is 2. The van der Waals surface area contributed by atoms with E-state index in [1.807, 2.05) is 6.07 Å². The lowest BCUT2D eigenvalue weighted by atomic mass is 10.1. The molecule has 1 saturated heterocycles. The number of aliphatic hydroxyl groups is 1. The third-order valence-corrected chi connectivity index (χ3v) is 4.13. The standard InChI is InChI=1S/C13H13BrClN3O3/c14-12-3-9(15)1-2-11(12)13(6-18-8-16-7-17-18)20-5-10(4-19)21-13/h1-3,7-8,10,19H,4-6H2. The van der Waals surface area contributed by atoms with Crippen LogP contribution in [0, 0.1) is 0 Å². The van der Waals surface area contributed by atoms with Crippen LogP contribution in [0.3, 0.4) is 0 Å². The molecule has 1 aliphatic rings. The minimum atomic E-state index is -1.04. The molecule has 0 amide bonds. The minimum Gasteiger partial charge on any atom is -0.394 e. The van der Waals surface area contributed by atoms with Crippen molar-refractivity contribution in [2.75, 3.05) is 13.2 Å². The van der Waals surface area contributed by atoms with Crippen LogP contribution in [-0.2, 0) is 21.8 Å². The molecule has 3 rings (SSSR count). The normalized spacial score (nSPS) is 25.4. The fraction of sp³-hybridized carbons (Fsp3) is 0.385. The Morgan fingerprint density at radius 3 is 3.00 bits per heavy atom. The second kappa shape index (κ2) is 6.02. The van der Waals surface area contributed by atoms with Gasteiger partial charge in [0.15, 0.2) is 0 Å². The third kappa shape index (κ3) is 2.97. The van der Waals surface area contributed by atoms with Crippen molar-refractivity contribution >= 4 is 27.5 Å². The quantitative estimate of drug-likeness (QED) is 0.886. The molecule has 2 unspecified atom stereocenters. The van der Waals surface area contributed by atoms with Crippen LogP contribution in [0.15, 0.2) is 35.3 Å². The SMILES string of the molecule is OCC1COC(Cn2cncn2)(c2ccc(Cl)cc2Br)O1. The molecule has 8 heteroatoms. The van der Waals surface area contributed by atoms with Gasteiger partial charge < -0.3 is 14.6 Å². The number of aliphatic hydroxyl groups excluding tert-OH is 1. The van der Waals surface area contributed by atoms with Gasteiger partial charge in [-0.3, -0.25) is 0 Å². The molecule has 1 N–H and O–H groups in total. The van der Waals surface area contributed by atoms with E-state index in [9.17, 15) is 5.11 Å². The highest BCUT2D eigenvalue weighted by Gasteiger charge is 2.45. The molecule has 2 atom stereocenters. The van der Waals surface area contributed by atoms with Gasteiger partial charge in [-0.25, -0.2) is 9.67 Å². The molecule has 1 aromatic carbocycles. The zero-order chi connectivity index (χ0) is 14.9. The second-order valence-corrected chi connectivity index (χ2v) is 5.99. The number of hydrogen-bond acceptors (Lipinski definition) is 5. The van der Waals surface area contributed by atoms with Gasteiger partial charge >= 0.3 is 0 Å². The van der Waals surface area contributed by atoms with Crippen molar-refractivity contribution in [2.45, 2.75) is 18.4 Å². The smallest absolute Gasteiger partial charge is 0.216 e. The van der Waals surface area contributed by atoms with Crippen molar-refractivity contribution in [1.82, 2.24) is 14.8 Å². The molecule has 0 radical (unpaired) electrons. The number of benzene rings is 1. The van der Waals surface area contributed by atoms with Gasteiger partial charge in [-0.2, -0.15) is 5.10 Å². The van der Waals surface area contributed by atoms with Gasteiger partial charge in [-0.15, -0.1) is 0 Å². The van der Waals surface area contributed by atoms with Gasteiger partial charge in [0.25, 0.3) is 0 Å². The van der Waals surface area contributed by atoms with Gasteiger partial charge in [-0.1, -0.05) is 33.6 Å². The topological polar surface area (TPSA) is 69.4 Å². The van der Waals surface area contributed by atoms with E-state index in [1.54, 1.807) is 23.1 Å². The summed E-state index contributed by atoms with van der Waals surface area (Å²) in [5, 5.41) is 14.0. The van der Waals surface area contributed by atoms with Crippen molar-refractivity contribution in [3.63, 3.8) is 0 Å². The van der Waals surface area contributed by atoms with Gasteiger partial charge in [0.2, 0.25) is 5.79 Å². The summed E-state index contributed by atoms with van der Waals surface area (Å²) in [4.78, 5) is 3.92. The molecule has 1 fully saturated rings. The van der Waals surface area contributed by atoms with Crippen molar-refractivity contribution < 1.29 is 14.6 Å². The Balaban J connectivity index is 1.99. The largest absolute Gasteiger partial charge is 0.394 e. The van der Waals surface area contributed by atoms with E-state index in [1.165, 1.54) is 6.33 Å². The van der Waals surface area contributed by atoms with Crippen LogP contribution >= 0.6 is 27.5 Å². The highest BCUT2D eigenvalue weighted by Crippen LogP contribution is 2.40. The van der Waals surface area contributed by atoms with Crippen LogP contribution in [0.25, 0.3) is 0 Å². The molecule has 0 bridgehead atoms. The summed E-state index contributed by atoms with van der Waals surface area (Å²) < 4.78 is 14.2. The first-order valence-corrected chi connectivity index (χ1v) is 7.50. The van der Waals surface area contributed by atoms with E-state index in [0.717, 1.165) is 10.0 Å². The van der Waals surface area contributed by atoms with Crippen LogP contribution in [-0.4, -0.2) is 39.2 Å². The Labute approximate surface area is 134 Å². The highest BCUT2D eigenvalue weighted by molar-refractivity contribution is 9.10. The Bertz CT molecular complexity index is 625. The molecule has 2 aromatic rings. The summed E-state index contributed by atoms with van der Waals surface area (Å²) in [5.41, 5.74) is 0.790. The predicted octanol–water partition coefficient (Wildman–Crippen LogP) is 1.95. The maximum absolute atomic E-state index is 9.31. The predicted molar refractivity (Wildman–Crippen MR) is 78.8 cm³/mol. The fourth-order valence-corrected chi connectivity index (χ4v) is 3.27. The third-order valence-electron chi connectivity index (χ3n) is 3.24. The first kappa shape index (κ1) is 14.9. The average Bonchev–Trinajstić information content (AvgIpc) is 3.09. The van der Waals surface area contributed by atoms with Crippen molar-refractivity contribution in [3.05, 3.63) is 45.9 Å². The summed E-state index contributed by atoms with van der Waals surface area (Å²) >= 11 is 9.47. The Morgan fingerprint density at radius 2 is 2.38 bits per heavy atom. The molecular weight excluding hydrogens is 362 g/mol. The van der Waals surface area contributed by atoms with Crippen LogP contribution in [0.1, 0.15) is 5.56 Å². The van der Waals surface area contributed by atoms with Gasteiger partial charge in [-0.05, 0) is 12.1 Å². The van der Waals surface area contributed by atoms with Gasteiger partial charge in [0, 0.05) is 15.1 Å². The van der Waals surface area contributed by atoms with Crippen LogP contribution in [0.2, 0.25) is 5.02 Å². The van der Waals surface area contributed by atoms with Gasteiger partial charge in [0.1, 0.15) is 25.3 Å². The van der Waals surface area contributed by atoms with Crippen molar-refractivity contribution in [3.8, 4) is 0 Å². The molecule has 1 aromatic heterocycles. The summed E-state index contributed by atoms with van der Waals surface area (Å²) in [5.74, 6) is -1.04. The zero-order valence-corrected chi connectivity index (χ0v) is 13.3. The molecule has 2 heterocycles. The molecule has 21 heavy (non-hydrogen) atoms. The lowest BCUT2D eigenvalue weighted by Gasteiger charge is -2.29. The van der Waals surface area contributed by atoms with E-state index in [2.05, 4.69) is 26.0 Å². The summed E-state index contributed by atoms with van der Waals surface area (Å²) in [6, 6.07) is 5.38. The molecule has 112 valence electrons. The lowest BCUT2D eigenvalue weighted by molar-refractivity contribution is -0.192. The Morgan fingerprint density at radius 1 is 1.52 bits per heavy atom. The lowest BCUT2D eigenvalue weighted by Crippen LogP contribution is -2.34. The average molecular weight is 375 g/mol. The maximum Gasteiger partial charge on any atom is 0.216 e. The van der Waals surface area contributed by atoms with Crippen molar-refractivity contribution in [2.24, 2.45) is 0 Å². The van der Waals surface area contributed by atoms with E-state index in [0.29, 0.717) is 18.2 Å². The molecule has 6 nitrogen and oxygen atoms in total. The monoisotopic (exact) mass is 373 g/mol. The van der Waals surface area contributed by atoms with Crippen molar-refractivity contribution in [1.29, 1.82) is 0 Å². The number of nitrogens with zero attached hydrogens (tertiary/aromatic N) is 3. The van der Waals surface area contributed by atoms with E-state index in [-0.39, 0.29) is 12.7 Å². The Hall–Kier alpha value is -0.990. The first-order valence-electron chi connectivity index (χ1n) is 6.33. The fourth-order valence-electron chi connectivity index (χ4n) is 2.29. The summed E-state index contributed by atoms with van der Waals surface area (Å²) in [6.45, 7) is 0.522. The second-order valence-electron chi connectivity index (χ2n) is 4.70. The molecule has 1 aliphatic heterocycles. The van der Waals surface area contributed by atoms with E-state index >= 15 is 0 Å². The summed E-state index contributed by atoms with van der Waals surface area (Å²) in [6.07, 6.45) is 2.66. The van der Waals surface area contributed by atoms with Crippen LogP contribution in [0.4, 0.5) is 0 Å². The number of aromatic nitrogens is 3. The molecule has 0 aliphatic carbocycles. The Kier molecular flexibility index (Phi) is 4.28. The number of rotatable bonds is 4. The highest BCUT2D eigenvalue weighted by atomic mass is 79.9. The van der Waals surface area contributed by atoms with Crippen LogP contribution in [0.5, 0.6) is 0 Å². The molecule has 0 saturated carbocycles. The summed E-state index contributed by atoms with van der Waals surface area (Å²) in [7, 11) is 0. The van der Waals surface area contributed by atoms with E-state index in [4.69, 9.17) is 21.1 Å². The van der Waals surface area contributed by atoms with Gasteiger partial charge in [0.05, 0.1) is 13.2 Å². The zero-order valence-electron chi connectivity index (χ0n) is 10.9. The minimum absolute atomic E-state index is 0.107. The van der Waals surface area contributed by atoms with Crippen LogP contribution < -0.4 is 0 Å². The number of ether oxygens (including phenoxy) is 2. The first-order chi connectivity index (χ1) is 10.1. The van der Waals surface area contributed by atoms with E-state index < -0.39 is 5.79 Å². The maximum atomic E-state index is 9.31. The molecule has 0 spiro atoms.